The number of hydrogen-bond donors (Lipinski definition) is 2. The number of nitrogens with one attached hydrogen (secondary N) is 2. The summed E-state index contributed by atoms with van der Waals surface area (Å²) in [5.41, 5.74) is 2.52. The fourth-order valence-corrected chi connectivity index (χ4v) is 4.32. The molecule has 8 heteroatoms. The van der Waals surface area contributed by atoms with Gasteiger partial charge in [-0.15, -0.1) is 0 Å². The molecule has 0 aliphatic heterocycles. The van der Waals surface area contributed by atoms with Crippen LogP contribution in [-0.2, 0) is 26.9 Å². The third-order valence-electron chi connectivity index (χ3n) is 4.66. The molecule has 2 N–H and O–H groups in total. The molecule has 0 atom stereocenters. The van der Waals surface area contributed by atoms with E-state index in [9.17, 15) is 22.4 Å². The van der Waals surface area contributed by atoms with Gasteiger partial charge in [0.25, 0.3) is 5.91 Å². The minimum atomic E-state index is -3.76. The fraction of sp³-hybridized carbons (Fsp3) is 0.167. The topological polar surface area (TPSA) is 92.3 Å². The largest absolute Gasteiger partial charge is 0.348 e. The first-order chi connectivity index (χ1) is 15.2. The standard InChI is InChI=1S/C24H23FN2O4S/c1-17-9-11-21(12-10-17)27-23(28)16-32(30,31)15-18-5-4-7-19(13-18)24(29)26-14-20-6-2-3-8-22(20)25/h2-13H,14-16H2,1H3,(H,26,29)(H,27,28). The number of sulfone groups is 1. The summed E-state index contributed by atoms with van der Waals surface area (Å²) in [6.45, 7) is 1.91. The number of carbonyl (C=O) groups is 2. The number of anilines is 1. The van der Waals surface area contributed by atoms with Gasteiger partial charge in [-0.3, -0.25) is 9.59 Å². The molecule has 0 aromatic heterocycles. The van der Waals surface area contributed by atoms with Gasteiger partial charge >= 0.3 is 0 Å². The normalized spacial score (nSPS) is 11.1. The van der Waals surface area contributed by atoms with Crippen LogP contribution < -0.4 is 10.6 Å². The molecule has 0 fully saturated rings. The van der Waals surface area contributed by atoms with Crippen LogP contribution in [0.2, 0.25) is 0 Å². The molecule has 2 amide bonds. The van der Waals surface area contributed by atoms with Crippen molar-refractivity contribution in [1.82, 2.24) is 5.32 Å². The van der Waals surface area contributed by atoms with Gasteiger partial charge in [0.1, 0.15) is 11.6 Å². The molecule has 0 bridgehead atoms. The Morgan fingerprint density at radius 1 is 0.938 bits per heavy atom. The summed E-state index contributed by atoms with van der Waals surface area (Å²) < 4.78 is 38.7. The van der Waals surface area contributed by atoms with Crippen LogP contribution >= 0.6 is 0 Å². The summed E-state index contributed by atoms with van der Waals surface area (Å²) in [6, 6.07) is 19.3. The van der Waals surface area contributed by atoms with Gasteiger partial charge in [-0.05, 0) is 42.8 Å². The highest BCUT2D eigenvalue weighted by Gasteiger charge is 2.18. The number of carbonyl (C=O) groups excluding carboxylic acids is 2. The molecule has 0 heterocycles. The molecule has 166 valence electrons. The van der Waals surface area contributed by atoms with E-state index in [4.69, 9.17) is 0 Å². The maximum Gasteiger partial charge on any atom is 0.251 e. The van der Waals surface area contributed by atoms with Gasteiger partial charge in [0.2, 0.25) is 5.91 Å². The van der Waals surface area contributed by atoms with Crippen molar-refractivity contribution in [2.24, 2.45) is 0 Å². The highest BCUT2D eigenvalue weighted by atomic mass is 32.2. The molecule has 32 heavy (non-hydrogen) atoms. The zero-order valence-corrected chi connectivity index (χ0v) is 18.3. The Morgan fingerprint density at radius 3 is 2.38 bits per heavy atom. The van der Waals surface area contributed by atoms with Gasteiger partial charge in [-0.2, -0.15) is 0 Å². The summed E-state index contributed by atoms with van der Waals surface area (Å²) >= 11 is 0. The van der Waals surface area contributed by atoms with Gasteiger partial charge in [-0.25, -0.2) is 12.8 Å². The molecule has 3 aromatic carbocycles. The number of amides is 2. The Hall–Kier alpha value is -3.52. The summed E-state index contributed by atoms with van der Waals surface area (Å²) in [7, 11) is -3.76. The molecule has 0 aliphatic carbocycles. The van der Waals surface area contributed by atoms with Crippen LogP contribution in [0.3, 0.4) is 0 Å². The summed E-state index contributed by atoms with van der Waals surface area (Å²) in [5, 5.41) is 5.18. The Labute approximate surface area is 186 Å². The van der Waals surface area contributed by atoms with E-state index in [2.05, 4.69) is 10.6 Å². The highest BCUT2D eigenvalue weighted by Crippen LogP contribution is 2.13. The van der Waals surface area contributed by atoms with Crippen molar-refractivity contribution >= 4 is 27.3 Å². The summed E-state index contributed by atoms with van der Waals surface area (Å²) in [6.07, 6.45) is 0. The van der Waals surface area contributed by atoms with Crippen molar-refractivity contribution in [2.45, 2.75) is 19.2 Å². The van der Waals surface area contributed by atoms with E-state index < -0.39 is 33.2 Å². The zero-order valence-electron chi connectivity index (χ0n) is 17.5. The van der Waals surface area contributed by atoms with Crippen LogP contribution in [0.25, 0.3) is 0 Å². The Balaban J connectivity index is 1.60. The molecule has 0 radical (unpaired) electrons. The molecule has 0 saturated heterocycles. The van der Waals surface area contributed by atoms with Crippen LogP contribution in [0, 0.1) is 12.7 Å². The molecule has 3 aromatic rings. The van der Waals surface area contributed by atoms with Gasteiger partial charge in [0.05, 0.1) is 5.75 Å². The van der Waals surface area contributed by atoms with Gasteiger partial charge < -0.3 is 10.6 Å². The van der Waals surface area contributed by atoms with E-state index in [1.807, 2.05) is 19.1 Å². The lowest BCUT2D eigenvalue weighted by Gasteiger charge is -2.09. The first-order valence-corrected chi connectivity index (χ1v) is 11.7. The van der Waals surface area contributed by atoms with E-state index in [0.29, 0.717) is 16.8 Å². The Kier molecular flexibility index (Phi) is 7.37. The predicted octanol–water partition coefficient (Wildman–Crippen LogP) is 3.62. The molecule has 3 rings (SSSR count). The fourth-order valence-electron chi connectivity index (χ4n) is 3.06. The zero-order chi connectivity index (χ0) is 23.1. The van der Waals surface area contributed by atoms with Crippen LogP contribution in [0.4, 0.5) is 10.1 Å². The lowest BCUT2D eigenvalue weighted by molar-refractivity contribution is -0.113. The second kappa shape index (κ2) is 10.2. The van der Waals surface area contributed by atoms with Crippen LogP contribution in [0.15, 0.2) is 72.8 Å². The number of benzene rings is 3. The van der Waals surface area contributed by atoms with Gasteiger partial charge in [-0.1, -0.05) is 48.0 Å². The van der Waals surface area contributed by atoms with E-state index in [-0.39, 0.29) is 17.9 Å². The molecule has 0 saturated carbocycles. The minimum absolute atomic E-state index is 0.00716. The minimum Gasteiger partial charge on any atom is -0.348 e. The van der Waals surface area contributed by atoms with Crippen LogP contribution in [0.5, 0.6) is 0 Å². The molecular formula is C24H23FN2O4S. The smallest absolute Gasteiger partial charge is 0.251 e. The van der Waals surface area contributed by atoms with E-state index in [0.717, 1.165) is 5.56 Å². The Morgan fingerprint density at radius 2 is 1.66 bits per heavy atom. The molecule has 6 nitrogen and oxygen atoms in total. The average molecular weight is 455 g/mol. The van der Waals surface area contributed by atoms with Gasteiger partial charge in [0.15, 0.2) is 9.84 Å². The van der Waals surface area contributed by atoms with E-state index in [1.54, 1.807) is 42.5 Å². The van der Waals surface area contributed by atoms with E-state index in [1.165, 1.54) is 18.2 Å². The SMILES string of the molecule is Cc1ccc(NC(=O)CS(=O)(=O)Cc2cccc(C(=O)NCc3ccccc3F)c2)cc1. The summed E-state index contributed by atoms with van der Waals surface area (Å²) in [4.78, 5) is 24.5. The number of aryl methyl sites for hydroxylation is 1. The van der Waals surface area contributed by atoms with Crippen molar-refractivity contribution < 1.29 is 22.4 Å². The second-order valence-corrected chi connectivity index (χ2v) is 9.49. The number of hydrogen-bond acceptors (Lipinski definition) is 4. The van der Waals surface area contributed by atoms with Crippen molar-refractivity contribution in [2.75, 3.05) is 11.1 Å². The monoisotopic (exact) mass is 454 g/mol. The second-order valence-electron chi connectivity index (χ2n) is 7.42. The molecular weight excluding hydrogens is 431 g/mol. The van der Waals surface area contributed by atoms with Crippen LogP contribution in [0.1, 0.15) is 27.0 Å². The van der Waals surface area contributed by atoms with Crippen molar-refractivity contribution in [3.8, 4) is 0 Å². The van der Waals surface area contributed by atoms with Crippen molar-refractivity contribution in [1.29, 1.82) is 0 Å². The average Bonchev–Trinajstić information content (AvgIpc) is 2.74. The highest BCUT2D eigenvalue weighted by molar-refractivity contribution is 7.91. The molecule has 0 spiro atoms. The Bertz CT molecular complexity index is 1220. The maximum absolute atomic E-state index is 13.7. The number of rotatable bonds is 8. The molecule has 0 aliphatic rings. The van der Waals surface area contributed by atoms with E-state index >= 15 is 0 Å². The van der Waals surface area contributed by atoms with Crippen molar-refractivity contribution in [3.63, 3.8) is 0 Å². The first-order valence-electron chi connectivity index (χ1n) is 9.89. The third kappa shape index (κ3) is 6.75. The first kappa shape index (κ1) is 23.1. The lowest BCUT2D eigenvalue weighted by Crippen LogP contribution is -2.25. The summed E-state index contributed by atoms with van der Waals surface area (Å²) in [5.74, 6) is -2.57. The number of halogens is 1. The predicted molar refractivity (Wildman–Crippen MR) is 121 cm³/mol. The molecule has 0 unspecified atom stereocenters. The maximum atomic E-state index is 13.7. The quantitative estimate of drug-likeness (QED) is 0.544. The lowest BCUT2D eigenvalue weighted by atomic mass is 10.1. The van der Waals surface area contributed by atoms with Crippen molar-refractivity contribution in [3.05, 3.63) is 101 Å². The third-order valence-corrected chi connectivity index (χ3v) is 6.13. The van der Waals surface area contributed by atoms with Gasteiger partial charge in [0, 0.05) is 23.4 Å². The van der Waals surface area contributed by atoms with Crippen LogP contribution in [-0.4, -0.2) is 26.0 Å².